The molecule has 0 fully saturated rings. The second-order valence-corrected chi connectivity index (χ2v) is 4.57. The summed E-state index contributed by atoms with van der Waals surface area (Å²) in [5.41, 5.74) is 6.68. The van der Waals surface area contributed by atoms with Crippen molar-refractivity contribution >= 4 is 28.0 Å². The van der Waals surface area contributed by atoms with Crippen LogP contribution in [-0.4, -0.2) is 18.1 Å². The van der Waals surface area contributed by atoms with Crippen LogP contribution in [0.4, 0.5) is 5.13 Å². The minimum atomic E-state index is -0.355. The summed E-state index contributed by atoms with van der Waals surface area (Å²) in [6, 6.07) is 0. The zero-order valence-corrected chi connectivity index (χ0v) is 11.0. The number of hydrogen-bond donors (Lipinski definition) is 1. The Labute approximate surface area is 106 Å². The van der Waals surface area contributed by atoms with E-state index >= 15 is 0 Å². The van der Waals surface area contributed by atoms with E-state index in [1.54, 1.807) is 5.38 Å². The number of allylic oxidation sites excluding steroid dienone is 1. The van der Waals surface area contributed by atoms with Gasteiger partial charge in [-0.05, 0) is 12.8 Å². The third-order valence-corrected chi connectivity index (χ3v) is 3.03. The highest BCUT2D eigenvalue weighted by molar-refractivity contribution is 7.13. The van der Waals surface area contributed by atoms with Gasteiger partial charge in [-0.15, -0.1) is 11.3 Å². The van der Waals surface area contributed by atoms with Crippen molar-refractivity contribution in [3.05, 3.63) is 17.2 Å². The minimum absolute atomic E-state index is 0.355. The number of aromatic nitrogens is 1. The summed E-state index contributed by atoms with van der Waals surface area (Å²) in [4.78, 5) is 15.7. The lowest BCUT2D eigenvalue weighted by atomic mass is 10.1. The molecule has 2 N–H and O–H groups in total. The number of nitrogen functional groups attached to an aromatic ring is 1. The molecule has 1 heterocycles. The lowest BCUT2D eigenvalue weighted by Gasteiger charge is -2.02. The monoisotopic (exact) mass is 254 g/mol. The second kappa shape index (κ2) is 7.06. The first-order chi connectivity index (χ1) is 8.19. The van der Waals surface area contributed by atoms with E-state index in [9.17, 15) is 4.79 Å². The number of ether oxygens (including phenoxy) is 1. The Morgan fingerprint density at radius 2 is 2.35 bits per heavy atom. The van der Waals surface area contributed by atoms with Gasteiger partial charge < -0.3 is 10.5 Å². The predicted octanol–water partition coefficient (Wildman–Crippen LogP) is 2.86. The smallest absolute Gasteiger partial charge is 0.339 e. The van der Waals surface area contributed by atoms with Gasteiger partial charge in [0.25, 0.3) is 0 Å². The number of rotatable bonds is 6. The van der Waals surface area contributed by atoms with Gasteiger partial charge in [0.2, 0.25) is 0 Å². The number of carbonyl (C=O) groups excluding carboxylic acids is 1. The van der Waals surface area contributed by atoms with E-state index in [-0.39, 0.29) is 5.97 Å². The molecule has 4 nitrogen and oxygen atoms in total. The Hall–Kier alpha value is -1.36. The summed E-state index contributed by atoms with van der Waals surface area (Å²) in [5, 5.41) is 2.24. The van der Waals surface area contributed by atoms with Crippen molar-refractivity contribution in [3.8, 4) is 0 Å². The SMILES string of the molecule is CCCCC/C=C(/C(=O)OC)c1csc(N)n1. The Morgan fingerprint density at radius 1 is 1.59 bits per heavy atom. The second-order valence-electron chi connectivity index (χ2n) is 3.68. The molecule has 0 unspecified atom stereocenters. The van der Waals surface area contributed by atoms with Crippen LogP contribution in [0.5, 0.6) is 0 Å². The maximum atomic E-state index is 11.6. The van der Waals surface area contributed by atoms with Crippen LogP contribution in [0.3, 0.4) is 0 Å². The van der Waals surface area contributed by atoms with E-state index in [1.807, 2.05) is 6.08 Å². The van der Waals surface area contributed by atoms with Crippen molar-refractivity contribution in [1.82, 2.24) is 4.98 Å². The van der Waals surface area contributed by atoms with E-state index in [1.165, 1.54) is 18.4 Å². The third-order valence-electron chi connectivity index (χ3n) is 2.36. The highest BCUT2D eigenvalue weighted by Gasteiger charge is 2.14. The van der Waals surface area contributed by atoms with Crippen LogP contribution in [0.15, 0.2) is 11.5 Å². The molecular formula is C12H18N2O2S. The van der Waals surface area contributed by atoms with Gasteiger partial charge in [-0.1, -0.05) is 25.8 Å². The zero-order valence-electron chi connectivity index (χ0n) is 10.2. The Bertz CT molecular complexity index is 399. The summed E-state index contributed by atoms with van der Waals surface area (Å²) in [6.07, 6.45) is 6.12. The molecule has 94 valence electrons. The molecule has 0 saturated heterocycles. The molecule has 0 aliphatic rings. The molecule has 17 heavy (non-hydrogen) atoms. The van der Waals surface area contributed by atoms with Crippen molar-refractivity contribution < 1.29 is 9.53 Å². The molecule has 5 heteroatoms. The lowest BCUT2D eigenvalue weighted by Crippen LogP contribution is -2.04. The lowest BCUT2D eigenvalue weighted by molar-refractivity contribution is -0.133. The number of anilines is 1. The molecule has 0 radical (unpaired) electrons. The number of unbranched alkanes of at least 4 members (excludes halogenated alkanes) is 3. The van der Waals surface area contributed by atoms with Crippen LogP contribution >= 0.6 is 11.3 Å². The van der Waals surface area contributed by atoms with Crippen molar-refractivity contribution in [2.75, 3.05) is 12.8 Å². The van der Waals surface area contributed by atoms with Crippen molar-refractivity contribution in [2.45, 2.75) is 32.6 Å². The van der Waals surface area contributed by atoms with E-state index in [0.29, 0.717) is 16.4 Å². The Balaban J connectivity index is 2.77. The first kappa shape index (κ1) is 13.7. The first-order valence-corrected chi connectivity index (χ1v) is 6.56. The van der Waals surface area contributed by atoms with Crippen LogP contribution in [0.2, 0.25) is 0 Å². The van der Waals surface area contributed by atoms with Crippen LogP contribution < -0.4 is 5.73 Å². The van der Waals surface area contributed by atoms with Crippen LogP contribution in [-0.2, 0) is 9.53 Å². The molecule has 0 aromatic carbocycles. The third kappa shape index (κ3) is 4.19. The van der Waals surface area contributed by atoms with E-state index < -0.39 is 0 Å². The van der Waals surface area contributed by atoms with Crippen LogP contribution in [0.1, 0.15) is 38.3 Å². The van der Waals surface area contributed by atoms with Gasteiger partial charge in [-0.2, -0.15) is 0 Å². The fourth-order valence-corrected chi connectivity index (χ4v) is 2.02. The molecule has 0 atom stereocenters. The molecular weight excluding hydrogens is 236 g/mol. The van der Waals surface area contributed by atoms with Crippen molar-refractivity contribution in [1.29, 1.82) is 0 Å². The quantitative estimate of drug-likeness (QED) is 0.481. The fourth-order valence-electron chi connectivity index (χ4n) is 1.45. The topological polar surface area (TPSA) is 65.2 Å². The highest BCUT2D eigenvalue weighted by atomic mass is 32.1. The van der Waals surface area contributed by atoms with Crippen LogP contribution in [0, 0.1) is 0 Å². The maximum absolute atomic E-state index is 11.6. The van der Waals surface area contributed by atoms with Gasteiger partial charge in [-0.25, -0.2) is 9.78 Å². The molecule has 1 aromatic heterocycles. The van der Waals surface area contributed by atoms with Gasteiger partial charge >= 0.3 is 5.97 Å². The molecule has 0 spiro atoms. The fraction of sp³-hybridized carbons (Fsp3) is 0.500. The summed E-state index contributed by atoms with van der Waals surface area (Å²) in [5.74, 6) is -0.355. The zero-order chi connectivity index (χ0) is 12.7. The summed E-state index contributed by atoms with van der Waals surface area (Å²) in [7, 11) is 1.37. The van der Waals surface area contributed by atoms with Crippen molar-refractivity contribution in [2.24, 2.45) is 0 Å². The van der Waals surface area contributed by atoms with Crippen LogP contribution in [0.25, 0.3) is 5.57 Å². The summed E-state index contributed by atoms with van der Waals surface area (Å²) < 4.78 is 4.75. The van der Waals surface area contributed by atoms with Gasteiger partial charge in [-0.3, -0.25) is 0 Å². The molecule has 0 aliphatic carbocycles. The van der Waals surface area contributed by atoms with Gasteiger partial charge in [0.15, 0.2) is 5.13 Å². The first-order valence-electron chi connectivity index (χ1n) is 5.68. The highest BCUT2D eigenvalue weighted by Crippen LogP contribution is 2.21. The van der Waals surface area contributed by atoms with Gasteiger partial charge in [0.1, 0.15) is 0 Å². The molecule has 0 aliphatic heterocycles. The Morgan fingerprint density at radius 3 is 2.88 bits per heavy atom. The largest absolute Gasteiger partial charge is 0.465 e. The Kier molecular flexibility index (Phi) is 5.69. The molecule has 0 saturated carbocycles. The minimum Gasteiger partial charge on any atom is -0.465 e. The van der Waals surface area contributed by atoms with E-state index in [2.05, 4.69) is 11.9 Å². The predicted molar refractivity (Wildman–Crippen MR) is 70.7 cm³/mol. The number of thiazole rings is 1. The summed E-state index contributed by atoms with van der Waals surface area (Å²) in [6.45, 7) is 2.14. The van der Waals surface area contributed by atoms with E-state index in [4.69, 9.17) is 10.5 Å². The summed E-state index contributed by atoms with van der Waals surface area (Å²) >= 11 is 1.32. The molecule has 1 rings (SSSR count). The molecule has 1 aromatic rings. The standard InChI is InChI=1S/C12H18N2O2S/c1-3-4-5-6-7-9(11(15)16-2)10-8-17-12(13)14-10/h7-8H,3-6H2,1-2H3,(H2,13,14)/b9-7+. The van der Waals surface area contributed by atoms with E-state index in [0.717, 1.165) is 25.7 Å². The van der Waals surface area contributed by atoms with Gasteiger partial charge in [0, 0.05) is 5.38 Å². The maximum Gasteiger partial charge on any atom is 0.339 e. The number of nitrogens with zero attached hydrogens (tertiary/aromatic N) is 1. The van der Waals surface area contributed by atoms with Gasteiger partial charge in [0.05, 0.1) is 18.4 Å². The number of esters is 1. The number of methoxy groups -OCH3 is 1. The molecule has 0 amide bonds. The molecule has 0 bridgehead atoms. The normalized spacial score (nSPS) is 11.5. The number of carbonyl (C=O) groups is 1. The average Bonchev–Trinajstić information content (AvgIpc) is 2.75. The number of nitrogens with two attached hydrogens (primary N) is 1. The average molecular weight is 254 g/mol. The number of hydrogen-bond acceptors (Lipinski definition) is 5. The van der Waals surface area contributed by atoms with Crippen molar-refractivity contribution in [3.63, 3.8) is 0 Å².